The van der Waals surface area contributed by atoms with Crippen molar-refractivity contribution in [3.63, 3.8) is 0 Å². The van der Waals surface area contributed by atoms with Gasteiger partial charge in [0.05, 0.1) is 16.5 Å². The molecule has 0 spiro atoms. The number of hydrogen-bond acceptors (Lipinski definition) is 5. The van der Waals surface area contributed by atoms with Crippen molar-refractivity contribution in [1.29, 1.82) is 0 Å². The lowest BCUT2D eigenvalue weighted by Gasteiger charge is -2.23. The van der Waals surface area contributed by atoms with Gasteiger partial charge in [0.15, 0.2) is 5.82 Å². The van der Waals surface area contributed by atoms with Crippen molar-refractivity contribution in [2.45, 2.75) is 62.6 Å². The fraction of sp³-hybridized carbons (Fsp3) is 0.400. The molecule has 0 atom stereocenters. The second-order valence-corrected chi connectivity index (χ2v) is 9.55. The largest absolute Gasteiger partial charge is 0.416 e. The topological polar surface area (TPSA) is 113 Å². The van der Waals surface area contributed by atoms with Gasteiger partial charge in [0, 0.05) is 22.9 Å². The summed E-state index contributed by atoms with van der Waals surface area (Å²) < 4.78 is 53.5. The molecule has 12 heteroatoms. The van der Waals surface area contributed by atoms with Crippen LogP contribution in [-0.4, -0.2) is 38.5 Å². The van der Waals surface area contributed by atoms with Gasteiger partial charge in [-0.2, -0.15) is 13.2 Å². The third-order valence-corrected chi connectivity index (χ3v) is 7.06. The van der Waals surface area contributed by atoms with Crippen LogP contribution in [0, 0.1) is 5.82 Å². The number of carbonyl (C=O) groups excluding carboxylic acids is 2. The number of aromatic amines is 1. The third kappa shape index (κ3) is 5.05. The van der Waals surface area contributed by atoms with Crippen molar-refractivity contribution in [1.82, 2.24) is 25.9 Å². The monoisotopic (exact) mass is 516 g/mol. The maximum atomic E-state index is 14.6. The highest BCUT2D eigenvalue weighted by Crippen LogP contribution is 2.50. The van der Waals surface area contributed by atoms with E-state index in [1.165, 1.54) is 6.07 Å². The lowest BCUT2D eigenvalue weighted by Crippen LogP contribution is -2.36. The van der Waals surface area contributed by atoms with E-state index >= 15 is 0 Å². The van der Waals surface area contributed by atoms with Gasteiger partial charge in [0.25, 0.3) is 5.91 Å². The summed E-state index contributed by atoms with van der Waals surface area (Å²) in [7, 11) is 0. The number of alkyl halides is 3. The first-order chi connectivity index (χ1) is 17.7. The van der Waals surface area contributed by atoms with E-state index in [2.05, 4.69) is 31.3 Å². The summed E-state index contributed by atoms with van der Waals surface area (Å²) in [5.41, 5.74) is -1.47. The number of amides is 2. The van der Waals surface area contributed by atoms with E-state index in [9.17, 15) is 27.2 Å². The Morgan fingerprint density at radius 3 is 2.41 bits per heavy atom. The number of tetrazole rings is 1. The number of aromatic nitrogens is 4. The first-order valence-electron chi connectivity index (χ1n) is 12.0. The third-order valence-electron chi connectivity index (χ3n) is 7.06. The number of anilines is 1. The van der Waals surface area contributed by atoms with E-state index in [4.69, 9.17) is 0 Å². The summed E-state index contributed by atoms with van der Waals surface area (Å²) in [6, 6.07) is 6.92. The minimum Gasteiger partial charge on any atom is -0.349 e. The van der Waals surface area contributed by atoms with Gasteiger partial charge < -0.3 is 10.6 Å². The van der Waals surface area contributed by atoms with Crippen LogP contribution in [0.2, 0.25) is 0 Å². The number of rotatable bonds is 6. The first-order valence-corrected chi connectivity index (χ1v) is 12.0. The number of halogens is 4. The highest BCUT2D eigenvalue weighted by Gasteiger charge is 2.53. The predicted octanol–water partition coefficient (Wildman–Crippen LogP) is 4.76. The van der Waals surface area contributed by atoms with Crippen molar-refractivity contribution in [2.75, 3.05) is 5.32 Å². The van der Waals surface area contributed by atoms with Crippen molar-refractivity contribution in [2.24, 2.45) is 0 Å². The number of benzene rings is 2. The molecule has 5 rings (SSSR count). The van der Waals surface area contributed by atoms with Crippen LogP contribution in [0.15, 0.2) is 36.4 Å². The maximum absolute atomic E-state index is 14.6. The average Bonchev–Trinajstić information content (AvgIpc) is 3.49. The minimum absolute atomic E-state index is 0.0784. The van der Waals surface area contributed by atoms with Gasteiger partial charge >= 0.3 is 6.18 Å². The van der Waals surface area contributed by atoms with Gasteiger partial charge in [-0.15, -0.1) is 5.10 Å². The Hall–Kier alpha value is -3.83. The molecule has 2 aliphatic rings. The number of H-pyrrole nitrogens is 1. The molecule has 37 heavy (non-hydrogen) atoms. The molecular formula is C25H24F4N6O2. The quantitative estimate of drug-likeness (QED) is 0.409. The highest BCUT2D eigenvalue weighted by atomic mass is 19.4. The Bertz CT molecular complexity index is 1320. The Morgan fingerprint density at radius 1 is 1.03 bits per heavy atom. The van der Waals surface area contributed by atoms with Crippen LogP contribution in [0.25, 0.3) is 11.4 Å². The summed E-state index contributed by atoms with van der Waals surface area (Å²) in [6.45, 7) is 0. The van der Waals surface area contributed by atoms with Crippen LogP contribution in [0.4, 0.5) is 23.2 Å². The van der Waals surface area contributed by atoms with E-state index < -0.39 is 28.9 Å². The minimum atomic E-state index is -4.69. The van der Waals surface area contributed by atoms with Crippen molar-refractivity contribution in [3.05, 3.63) is 58.9 Å². The number of nitrogens with zero attached hydrogens (tertiary/aromatic N) is 3. The highest BCUT2D eigenvalue weighted by molar-refractivity contribution is 6.04. The van der Waals surface area contributed by atoms with E-state index in [0.717, 1.165) is 44.2 Å². The molecule has 8 nitrogen and oxygen atoms in total. The Balaban J connectivity index is 1.39. The van der Waals surface area contributed by atoms with E-state index in [1.807, 2.05) is 0 Å². The molecule has 2 aliphatic carbocycles. The molecule has 3 aromatic rings. The van der Waals surface area contributed by atoms with Crippen molar-refractivity contribution < 1.29 is 27.2 Å². The molecule has 3 N–H and O–H groups in total. The fourth-order valence-corrected chi connectivity index (χ4v) is 4.87. The molecule has 0 radical (unpaired) electrons. The van der Waals surface area contributed by atoms with Gasteiger partial charge in [-0.3, -0.25) is 9.59 Å². The molecule has 2 fully saturated rings. The van der Waals surface area contributed by atoms with Gasteiger partial charge in [-0.1, -0.05) is 25.3 Å². The molecule has 0 bridgehead atoms. The van der Waals surface area contributed by atoms with Crippen LogP contribution >= 0.6 is 0 Å². The van der Waals surface area contributed by atoms with Crippen molar-refractivity contribution >= 4 is 17.5 Å². The maximum Gasteiger partial charge on any atom is 0.416 e. The Kier molecular flexibility index (Phi) is 6.42. The van der Waals surface area contributed by atoms with Crippen LogP contribution < -0.4 is 10.6 Å². The van der Waals surface area contributed by atoms with E-state index in [-0.39, 0.29) is 23.3 Å². The van der Waals surface area contributed by atoms with Gasteiger partial charge in [-0.25, -0.2) is 9.49 Å². The van der Waals surface area contributed by atoms with Crippen LogP contribution in [0.3, 0.4) is 0 Å². The standard InChI is InChI=1S/C25H24F4N6O2/c26-20-12-14(25(27,28)29)6-9-19(20)24(10-11-24)23(37)31-16-7-8-17(18(13-16)21-32-34-35-33-21)22(36)30-15-4-2-1-3-5-15/h6-9,12-13,15H,1-5,10-11H2,(H,30,36)(H,31,37)(H,32,33,34,35). The normalized spacial score (nSPS) is 17.3. The molecule has 0 saturated heterocycles. The van der Waals surface area contributed by atoms with Gasteiger partial charge in [-0.05, 0) is 66.4 Å². The smallest absolute Gasteiger partial charge is 0.349 e. The zero-order chi connectivity index (χ0) is 26.2. The summed E-state index contributed by atoms with van der Waals surface area (Å²) >= 11 is 0. The van der Waals surface area contributed by atoms with E-state index in [1.54, 1.807) is 12.1 Å². The zero-order valence-electron chi connectivity index (χ0n) is 19.7. The molecule has 2 amide bonds. The molecular weight excluding hydrogens is 492 g/mol. The van der Waals surface area contributed by atoms with E-state index in [0.29, 0.717) is 35.7 Å². The van der Waals surface area contributed by atoms with Gasteiger partial charge in [0.2, 0.25) is 5.91 Å². The summed E-state index contributed by atoms with van der Waals surface area (Å²) in [6.07, 6.45) is 0.961. The Labute approximate surface area is 209 Å². The first kappa shape index (κ1) is 24.8. The fourth-order valence-electron chi connectivity index (χ4n) is 4.87. The van der Waals surface area contributed by atoms with Crippen LogP contribution in [0.5, 0.6) is 0 Å². The predicted molar refractivity (Wildman–Crippen MR) is 125 cm³/mol. The molecule has 1 aromatic heterocycles. The molecule has 2 aromatic carbocycles. The summed E-state index contributed by atoms with van der Waals surface area (Å²) in [5, 5.41) is 19.4. The summed E-state index contributed by atoms with van der Waals surface area (Å²) in [4.78, 5) is 26.2. The molecule has 0 unspecified atom stereocenters. The van der Waals surface area contributed by atoms with Crippen LogP contribution in [0.1, 0.15) is 66.4 Å². The second kappa shape index (κ2) is 9.56. The van der Waals surface area contributed by atoms with Crippen LogP contribution in [-0.2, 0) is 16.4 Å². The number of nitrogens with one attached hydrogen (secondary N) is 3. The lowest BCUT2D eigenvalue weighted by atomic mass is 9.93. The molecule has 0 aliphatic heterocycles. The van der Waals surface area contributed by atoms with Crippen molar-refractivity contribution in [3.8, 4) is 11.4 Å². The van der Waals surface area contributed by atoms with Gasteiger partial charge in [0.1, 0.15) is 5.82 Å². The zero-order valence-corrected chi connectivity index (χ0v) is 19.7. The Morgan fingerprint density at radius 2 is 1.78 bits per heavy atom. The molecule has 1 heterocycles. The lowest BCUT2D eigenvalue weighted by molar-refractivity contribution is -0.137. The molecule has 194 valence electrons. The second-order valence-electron chi connectivity index (χ2n) is 9.55. The molecule has 2 saturated carbocycles. The SMILES string of the molecule is O=C(NC1CCCCC1)c1ccc(NC(=O)C2(c3ccc(C(F)(F)F)cc3F)CC2)cc1-c1nnn[nH]1. The number of hydrogen-bond donors (Lipinski definition) is 3. The average molecular weight is 516 g/mol. The summed E-state index contributed by atoms with van der Waals surface area (Å²) in [5.74, 6) is -1.70. The number of carbonyl (C=O) groups is 2.